The third-order valence-corrected chi connectivity index (χ3v) is 5.58. The predicted molar refractivity (Wildman–Crippen MR) is 114 cm³/mol. The molecule has 1 N–H and O–H groups in total. The number of aromatic nitrogens is 1. The molecule has 2 aliphatic rings. The number of amides is 2. The Morgan fingerprint density at radius 3 is 2.90 bits per heavy atom. The van der Waals surface area contributed by atoms with E-state index in [9.17, 15) is 9.59 Å². The van der Waals surface area contributed by atoms with Crippen LogP contribution in [-0.2, 0) is 22.4 Å². The molecule has 148 valence electrons. The van der Waals surface area contributed by atoms with Crippen LogP contribution in [0.3, 0.4) is 0 Å². The summed E-state index contributed by atoms with van der Waals surface area (Å²) in [5.41, 5.74) is 5.96. The summed E-state index contributed by atoms with van der Waals surface area (Å²) in [6, 6.07) is 10.4. The second-order valence-corrected chi connectivity index (χ2v) is 7.66. The van der Waals surface area contributed by atoms with Crippen LogP contribution in [0.15, 0.2) is 54.3 Å². The van der Waals surface area contributed by atoms with E-state index in [4.69, 9.17) is 0 Å². The monoisotopic (exact) mass is 387 g/mol. The van der Waals surface area contributed by atoms with Gasteiger partial charge in [0.25, 0.3) is 0 Å². The highest BCUT2D eigenvalue weighted by Crippen LogP contribution is 2.22. The second kappa shape index (κ2) is 8.43. The van der Waals surface area contributed by atoms with Crippen molar-refractivity contribution in [1.82, 2.24) is 9.88 Å². The molecule has 1 aromatic carbocycles. The van der Waals surface area contributed by atoms with E-state index < -0.39 is 0 Å². The van der Waals surface area contributed by atoms with E-state index in [0.717, 1.165) is 30.5 Å². The van der Waals surface area contributed by atoms with E-state index in [1.165, 1.54) is 16.7 Å². The number of rotatable bonds is 4. The van der Waals surface area contributed by atoms with Crippen LogP contribution in [-0.4, -0.2) is 34.8 Å². The molecule has 0 saturated heterocycles. The smallest absolute Gasteiger partial charge is 0.246 e. The van der Waals surface area contributed by atoms with Crippen LogP contribution in [0.1, 0.15) is 35.1 Å². The van der Waals surface area contributed by atoms with Crippen molar-refractivity contribution in [3.8, 4) is 0 Å². The van der Waals surface area contributed by atoms with Crippen molar-refractivity contribution >= 4 is 23.7 Å². The van der Waals surface area contributed by atoms with Crippen LogP contribution >= 0.6 is 0 Å². The molecule has 0 saturated carbocycles. The lowest BCUT2D eigenvalue weighted by atomic mass is 9.96. The van der Waals surface area contributed by atoms with Gasteiger partial charge in [-0.3, -0.25) is 9.59 Å². The zero-order valence-electron chi connectivity index (χ0n) is 16.6. The average molecular weight is 387 g/mol. The van der Waals surface area contributed by atoms with Crippen LogP contribution in [0.2, 0.25) is 0 Å². The molecule has 2 amide bonds. The molecule has 4 rings (SSSR count). The van der Waals surface area contributed by atoms with Gasteiger partial charge in [-0.2, -0.15) is 0 Å². The molecule has 0 radical (unpaired) electrons. The molecule has 0 spiro atoms. The topological polar surface area (TPSA) is 62.3 Å². The quantitative estimate of drug-likeness (QED) is 0.643. The van der Waals surface area contributed by atoms with Gasteiger partial charge in [-0.25, -0.2) is 4.98 Å². The summed E-state index contributed by atoms with van der Waals surface area (Å²) in [6.07, 6.45) is 10.3. The highest BCUT2D eigenvalue weighted by molar-refractivity contribution is 5.94. The van der Waals surface area contributed by atoms with Crippen molar-refractivity contribution in [1.29, 1.82) is 0 Å². The van der Waals surface area contributed by atoms with Crippen LogP contribution in [0.4, 0.5) is 5.82 Å². The fourth-order valence-corrected chi connectivity index (χ4v) is 3.76. The Balaban J connectivity index is 1.35. The SMILES string of the molecule is Cc1ccccc1CC1=CCN(C(=O)C=Cc2cnc3c(c2)CCC(=O)N3)CC1. The van der Waals surface area contributed by atoms with Crippen LogP contribution in [0.25, 0.3) is 6.08 Å². The minimum atomic E-state index is 0.00316. The third kappa shape index (κ3) is 4.62. The van der Waals surface area contributed by atoms with E-state index in [0.29, 0.717) is 25.2 Å². The lowest BCUT2D eigenvalue weighted by molar-refractivity contribution is -0.125. The molecule has 0 atom stereocenters. The summed E-state index contributed by atoms with van der Waals surface area (Å²) in [6.45, 7) is 3.54. The van der Waals surface area contributed by atoms with Gasteiger partial charge >= 0.3 is 0 Å². The number of benzene rings is 1. The first-order valence-corrected chi connectivity index (χ1v) is 10.1. The molecule has 3 heterocycles. The van der Waals surface area contributed by atoms with Gasteiger partial charge in [0.1, 0.15) is 5.82 Å². The molecule has 0 bridgehead atoms. The lowest BCUT2D eigenvalue weighted by Crippen LogP contribution is -2.33. The average Bonchev–Trinajstić information content (AvgIpc) is 2.74. The number of fused-ring (bicyclic) bond motifs is 1. The molecule has 5 nitrogen and oxygen atoms in total. The first kappa shape index (κ1) is 19.1. The van der Waals surface area contributed by atoms with Crippen molar-refractivity contribution in [3.63, 3.8) is 0 Å². The van der Waals surface area contributed by atoms with Gasteiger partial charge in [0, 0.05) is 31.8 Å². The van der Waals surface area contributed by atoms with Crippen LogP contribution in [0, 0.1) is 6.92 Å². The molecule has 2 aromatic rings. The zero-order valence-corrected chi connectivity index (χ0v) is 16.6. The van der Waals surface area contributed by atoms with Crippen molar-refractivity contribution < 1.29 is 9.59 Å². The number of pyridine rings is 1. The summed E-state index contributed by atoms with van der Waals surface area (Å²) in [4.78, 5) is 30.1. The molecule has 0 fully saturated rings. The van der Waals surface area contributed by atoms with Crippen molar-refractivity contribution in [2.45, 2.75) is 32.6 Å². The Morgan fingerprint density at radius 2 is 2.10 bits per heavy atom. The maximum Gasteiger partial charge on any atom is 0.246 e. The first-order chi connectivity index (χ1) is 14.1. The largest absolute Gasteiger partial charge is 0.335 e. The van der Waals surface area contributed by atoms with Gasteiger partial charge in [-0.05, 0) is 60.6 Å². The fourth-order valence-electron chi connectivity index (χ4n) is 3.76. The lowest BCUT2D eigenvalue weighted by Gasteiger charge is -2.26. The maximum atomic E-state index is 12.6. The number of aryl methyl sites for hydroxylation is 2. The summed E-state index contributed by atoms with van der Waals surface area (Å²) in [7, 11) is 0. The number of hydrogen-bond acceptors (Lipinski definition) is 3. The number of anilines is 1. The third-order valence-electron chi connectivity index (χ3n) is 5.58. The Bertz CT molecular complexity index is 1010. The van der Waals surface area contributed by atoms with Crippen molar-refractivity contribution in [3.05, 3.63) is 76.5 Å². The van der Waals surface area contributed by atoms with E-state index >= 15 is 0 Å². The van der Waals surface area contributed by atoms with Crippen LogP contribution in [0.5, 0.6) is 0 Å². The summed E-state index contributed by atoms with van der Waals surface area (Å²) in [5, 5.41) is 2.77. The second-order valence-electron chi connectivity index (χ2n) is 7.66. The minimum Gasteiger partial charge on any atom is -0.335 e. The number of carbonyl (C=O) groups is 2. The first-order valence-electron chi connectivity index (χ1n) is 10.1. The molecule has 0 aliphatic carbocycles. The summed E-state index contributed by atoms with van der Waals surface area (Å²) in [5.74, 6) is 0.651. The van der Waals surface area contributed by atoms with Gasteiger partial charge in [0.2, 0.25) is 11.8 Å². The van der Waals surface area contributed by atoms with Gasteiger partial charge in [-0.15, -0.1) is 0 Å². The summed E-state index contributed by atoms with van der Waals surface area (Å²) < 4.78 is 0. The minimum absolute atomic E-state index is 0.00316. The normalized spacial score (nSPS) is 16.4. The Kier molecular flexibility index (Phi) is 5.56. The van der Waals surface area contributed by atoms with Gasteiger partial charge in [0.15, 0.2) is 0 Å². The van der Waals surface area contributed by atoms with E-state index in [1.54, 1.807) is 18.3 Å². The molecule has 1 aromatic heterocycles. The zero-order chi connectivity index (χ0) is 20.2. The molecular formula is C24H25N3O2. The molecular weight excluding hydrogens is 362 g/mol. The fraction of sp³-hybridized carbons (Fsp3) is 0.292. The summed E-state index contributed by atoms with van der Waals surface area (Å²) >= 11 is 0. The maximum absolute atomic E-state index is 12.6. The molecule has 0 unspecified atom stereocenters. The number of nitrogens with zero attached hydrogens (tertiary/aromatic N) is 2. The van der Waals surface area contributed by atoms with E-state index in [2.05, 4.69) is 47.6 Å². The van der Waals surface area contributed by atoms with Crippen LogP contribution < -0.4 is 5.32 Å². The number of carbonyl (C=O) groups excluding carboxylic acids is 2. The highest BCUT2D eigenvalue weighted by Gasteiger charge is 2.17. The van der Waals surface area contributed by atoms with Gasteiger partial charge in [-0.1, -0.05) is 35.9 Å². The highest BCUT2D eigenvalue weighted by atomic mass is 16.2. The number of nitrogens with one attached hydrogen (secondary N) is 1. The molecule has 29 heavy (non-hydrogen) atoms. The number of hydrogen-bond donors (Lipinski definition) is 1. The predicted octanol–water partition coefficient (Wildman–Crippen LogP) is 3.69. The Labute approximate surface area is 171 Å². The van der Waals surface area contributed by atoms with E-state index in [1.807, 2.05) is 11.0 Å². The molecule has 5 heteroatoms. The van der Waals surface area contributed by atoms with Crippen molar-refractivity contribution in [2.24, 2.45) is 0 Å². The van der Waals surface area contributed by atoms with Crippen molar-refractivity contribution in [2.75, 3.05) is 18.4 Å². The van der Waals surface area contributed by atoms with Gasteiger partial charge < -0.3 is 10.2 Å². The van der Waals surface area contributed by atoms with Gasteiger partial charge in [0.05, 0.1) is 0 Å². The Morgan fingerprint density at radius 1 is 1.24 bits per heavy atom. The Hall–Kier alpha value is -3.21. The standard InChI is InChI=1S/C24H25N3O2/c1-17-4-2-3-5-20(17)14-18-10-12-27(13-11-18)23(29)9-6-19-15-21-7-8-22(28)26-24(21)25-16-19/h2-6,9-10,15-16H,7-8,11-14H2,1H3,(H,25,26,28). The van der Waals surface area contributed by atoms with E-state index in [-0.39, 0.29) is 11.8 Å². The molecule has 2 aliphatic heterocycles.